The molecular formula is C9H14N4O2. The molecule has 1 N–H and O–H groups in total. The van der Waals surface area contributed by atoms with Gasteiger partial charge in [0.2, 0.25) is 5.91 Å². The van der Waals surface area contributed by atoms with Crippen LogP contribution in [0.25, 0.3) is 0 Å². The van der Waals surface area contributed by atoms with Gasteiger partial charge in [0.05, 0.1) is 5.69 Å². The summed E-state index contributed by atoms with van der Waals surface area (Å²) in [7, 11) is 3.64. The van der Waals surface area contributed by atoms with Crippen molar-refractivity contribution < 1.29 is 10.0 Å². The maximum Gasteiger partial charge on any atom is 0.268 e. The van der Waals surface area contributed by atoms with E-state index in [0.717, 1.165) is 4.73 Å². The van der Waals surface area contributed by atoms with Gasteiger partial charge in [0, 0.05) is 27.1 Å². The minimum Gasteiger partial charge on any atom is -0.425 e. The highest BCUT2D eigenvalue weighted by Gasteiger charge is 2.04. The Hall–Kier alpha value is -1.85. The second kappa shape index (κ2) is 4.12. The number of carbonyl (C=O) groups excluding carboxylic acids is 1. The fraction of sp³-hybridized carbons (Fsp3) is 0.444. The molecule has 0 aliphatic heterocycles. The van der Waals surface area contributed by atoms with E-state index in [1.807, 2.05) is 14.1 Å². The molecule has 1 rings (SSSR count). The van der Waals surface area contributed by atoms with E-state index < -0.39 is 5.91 Å². The van der Waals surface area contributed by atoms with Gasteiger partial charge in [-0.1, -0.05) is 0 Å². The van der Waals surface area contributed by atoms with Crippen molar-refractivity contribution in [3.05, 3.63) is 17.4 Å². The predicted octanol–water partition coefficient (Wildman–Crippen LogP) is -0.0580. The third-order valence-corrected chi connectivity index (χ3v) is 1.79. The fourth-order valence-corrected chi connectivity index (χ4v) is 1.03. The average molecular weight is 210 g/mol. The molecule has 6 nitrogen and oxygen atoms in total. The van der Waals surface area contributed by atoms with Gasteiger partial charge in [-0.2, -0.15) is 14.7 Å². The molecule has 0 radical (unpaired) electrons. The minimum atomic E-state index is -0.402. The van der Waals surface area contributed by atoms with Gasteiger partial charge in [-0.3, -0.25) is 4.79 Å². The average Bonchev–Trinajstić information content (AvgIpc) is 2.11. The number of hydrogen-bond donors (Lipinski definition) is 1. The lowest BCUT2D eigenvalue weighted by Gasteiger charge is -2.12. The van der Waals surface area contributed by atoms with E-state index in [1.165, 1.54) is 6.92 Å². The molecule has 0 aromatic carbocycles. The molecule has 0 saturated carbocycles. The third-order valence-electron chi connectivity index (χ3n) is 1.79. The van der Waals surface area contributed by atoms with Crippen LogP contribution in [0.1, 0.15) is 12.6 Å². The lowest BCUT2D eigenvalue weighted by molar-refractivity contribution is -0.116. The summed E-state index contributed by atoms with van der Waals surface area (Å²) in [6.07, 6.45) is 0. The summed E-state index contributed by atoms with van der Waals surface area (Å²) in [5.41, 5.74) is 0.555. The van der Waals surface area contributed by atoms with E-state index >= 15 is 0 Å². The second-order valence-electron chi connectivity index (χ2n) is 3.39. The molecule has 0 atom stereocenters. The number of aryl methyl sites for hydroxylation is 1. The fourth-order valence-electron chi connectivity index (χ4n) is 1.03. The molecule has 0 spiro atoms. The first-order valence-corrected chi connectivity index (χ1v) is 4.44. The van der Waals surface area contributed by atoms with Crippen molar-refractivity contribution in [3.63, 3.8) is 0 Å². The van der Waals surface area contributed by atoms with Gasteiger partial charge >= 0.3 is 0 Å². The van der Waals surface area contributed by atoms with E-state index in [4.69, 9.17) is 0 Å². The van der Waals surface area contributed by atoms with Crippen LogP contribution in [0.4, 0.5) is 5.82 Å². The number of anilines is 1. The third kappa shape index (κ3) is 2.55. The summed E-state index contributed by atoms with van der Waals surface area (Å²) >= 11 is 0. The smallest absolute Gasteiger partial charge is 0.268 e. The molecule has 0 saturated heterocycles. The Balaban J connectivity index is 3.45. The Bertz CT molecular complexity index is 448. The first kappa shape index (κ1) is 11.2. The highest BCUT2D eigenvalue weighted by molar-refractivity contribution is 5.73. The van der Waals surface area contributed by atoms with Crippen molar-refractivity contribution in [1.29, 1.82) is 0 Å². The molecule has 6 heteroatoms. The van der Waals surface area contributed by atoms with Crippen LogP contribution < -0.4 is 10.5 Å². The Morgan fingerprint density at radius 1 is 1.60 bits per heavy atom. The van der Waals surface area contributed by atoms with Crippen molar-refractivity contribution >= 4 is 11.7 Å². The molecule has 15 heavy (non-hydrogen) atoms. The Morgan fingerprint density at radius 2 is 2.20 bits per heavy atom. The molecule has 1 aromatic heterocycles. The van der Waals surface area contributed by atoms with Crippen molar-refractivity contribution in [2.75, 3.05) is 19.0 Å². The molecular weight excluding hydrogens is 196 g/mol. The van der Waals surface area contributed by atoms with Crippen LogP contribution in [0.2, 0.25) is 0 Å². The van der Waals surface area contributed by atoms with E-state index in [2.05, 4.69) is 9.98 Å². The molecule has 82 valence electrons. The van der Waals surface area contributed by atoms with Crippen LogP contribution >= 0.6 is 0 Å². The summed E-state index contributed by atoms with van der Waals surface area (Å²) in [4.78, 5) is 20.2. The van der Waals surface area contributed by atoms with Crippen molar-refractivity contribution in [1.82, 2.24) is 9.71 Å². The molecule has 0 bridgehead atoms. The van der Waals surface area contributed by atoms with Crippen molar-refractivity contribution in [2.45, 2.75) is 13.8 Å². The van der Waals surface area contributed by atoms with Crippen LogP contribution in [0.3, 0.4) is 0 Å². The van der Waals surface area contributed by atoms with Gasteiger partial charge in [-0.15, -0.1) is 0 Å². The lowest BCUT2D eigenvalue weighted by Crippen LogP contribution is -2.28. The number of carbonyl (C=O) groups is 1. The summed E-state index contributed by atoms with van der Waals surface area (Å²) in [6, 6.07) is 1.69. The molecule has 0 aliphatic carbocycles. The molecule has 1 aromatic rings. The van der Waals surface area contributed by atoms with Crippen molar-refractivity contribution in [2.24, 2.45) is 4.99 Å². The predicted molar refractivity (Wildman–Crippen MR) is 54.7 cm³/mol. The maximum atomic E-state index is 10.8. The SMILES string of the molecule is CC(=O)N=c1nc(N(C)C)cc(C)n1O. The zero-order valence-electron chi connectivity index (χ0n) is 9.22. The molecule has 1 amide bonds. The molecule has 0 aliphatic rings. The topological polar surface area (TPSA) is 70.7 Å². The second-order valence-corrected chi connectivity index (χ2v) is 3.39. The molecule has 0 fully saturated rings. The number of hydrogen-bond acceptors (Lipinski definition) is 4. The summed E-state index contributed by atoms with van der Waals surface area (Å²) in [5.74, 6) is 0.235. The quantitative estimate of drug-likeness (QED) is 0.659. The zero-order valence-corrected chi connectivity index (χ0v) is 9.22. The van der Waals surface area contributed by atoms with Gasteiger partial charge < -0.3 is 10.1 Å². The molecule has 0 unspecified atom stereocenters. The van der Waals surface area contributed by atoms with Gasteiger partial charge in [0.15, 0.2) is 0 Å². The van der Waals surface area contributed by atoms with Gasteiger partial charge in [-0.25, -0.2) is 0 Å². The van der Waals surface area contributed by atoms with E-state index in [1.54, 1.807) is 17.9 Å². The lowest BCUT2D eigenvalue weighted by atomic mass is 10.4. The number of nitrogens with zero attached hydrogens (tertiary/aromatic N) is 4. The first-order valence-electron chi connectivity index (χ1n) is 4.44. The number of rotatable bonds is 1. The summed E-state index contributed by atoms with van der Waals surface area (Å²) in [6.45, 7) is 3.01. The Labute approximate surface area is 87.5 Å². The van der Waals surface area contributed by atoms with E-state index in [9.17, 15) is 10.0 Å². The minimum absolute atomic E-state index is 0.00815. The van der Waals surface area contributed by atoms with Crippen LogP contribution in [0.15, 0.2) is 11.1 Å². The van der Waals surface area contributed by atoms with Gasteiger partial charge in [-0.05, 0) is 6.92 Å². The van der Waals surface area contributed by atoms with E-state index in [-0.39, 0.29) is 5.62 Å². The number of aromatic nitrogens is 2. The number of amides is 1. The highest BCUT2D eigenvalue weighted by Crippen LogP contribution is 2.04. The van der Waals surface area contributed by atoms with Gasteiger partial charge in [0.25, 0.3) is 5.62 Å². The van der Waals surface area contributed by atoms with E-state index in [0.29, 0.717) is 11.5 Å². The van der Waals surface area contributed by atoms with Crippen LogP contribution in [-0.4, -0.2) is 34.9 Å². The largest absolute Gasteiger partial charge is 0.425 e. The summed E-state index contributed by atoms with van der Waals surface area (Å²) < 4.78 is 0.786. The highest BCUT2D eigenvalue weighted by atomic mass is 16.5. The van der Waals surface area contributed by atoms with Crippen LogP contribution in [0, 0.1) is 6.92 Å². The Morgan fingerprint density at radius 3 is 2.67 bits per heavy atom. The standard InChI is InChI=1S/C9H14N4O2/c1-6-5-8(12(3)4)11-9(13(6)15)10-7(2)14/h5,15H,1-4H3. The van der Waals surface area contributed by atoms with Crippen LogP contribution in [-0.2, 0) is 4.79 Å². The zero-order chi connectivity index (χ0) is 11.6. The Kier molecular flexibility index (Phi) is 3.08. The van der Waals surface area contributed by atoms with Gasteiger partial charge in [0.1, 0.15) is 5.82 Å². The maximum absolute atomic E-state index is 10.8. The monoisotopic (exact) mass is 210 g/mol. The van der Waals surface area contributed by atoms with Crippen LogP contribution in [0.5, 0.6) is 0 Å². The van der Waals surface area contributed by atoms with Crippen molar-refractivity contribution in [3.8, 4) is 0 Å². The normalized spacial score (nSPS) is 11.6. The first-order chi connectivity index (χ1) is 6.91. The molecule has 1 heterocycles. The summed E-state index contributed by atoms with van der Waals surface area (Å²) in [5, 5.41) is 9.54.